The van der Waals surface area contributed by atoms with Crippen LogP contribution in [0.15, 0.2) is 54.7 Å². The lowest BCUT2D eigenvalue weighted by Gasteiger charge is -2.18. The summed E-state index contributed by atoms with van der Waals surface area (Å²) in [5.41, 5.74) is -0.154. The Morgan fingerprint density at radius 3 is 2.38 bits per heavy atom. The highest BCUT2D eigenvalue weighted by Gasteiger charge is 2.36. The highest BCUT2D eigenvalue weighted by molar-refractivity contribution is 6.42. The first kappa shape index (κ1) is 20.7. The summed E-state index contributed by atoms with van der Waals surface area (Å²) in [6.45, 7) is 0. The molecule has 0 amide bonds. The molecule has 2 aromatic carbocycles. The lowest BCUT2D eigenvalue weighted by atomic mass is 10.1. The van der Waals surface area contributed by atoms with Gasteiger partial charge in [-0.1, -0.05) is 53.5 Å². The molecule has 1 heterocycles. The van der Waals surface area contributed by atoms with E-state index in [0.717, 1.165) is 0 Å². The number of nitrogens with one attached hydrogen (secondary N) is 2. The van der Waals surface area contributed by atoms with Crippen LogP contribution in [0.25, 0.3) is 0 Å². The van der Waals surface area contributed by atoms with Crippen LogP contribution in [0.2, 0.25) is 10.0 Å². The molecule has 0 radical (unpaired) electrons. The third kappa shape index (κ3) is 5.08. The molecule has 5 nitrogen and oxygen atoms in total. The summed E-state index contributed by atoms with van der Waals surface area (Å²) in [4.78, 5) is 7.64. The fraction of sp³-hybridized carbons (Fsp3) is 0.105. The van der Waals surface area contributed by atoms with Crippen LogP contribution in [0.3, 0.4) is 0 Å². The Morgan fingerprint density at radius 1 is 1.03 bits per heavy atom. The summed E-state index contributed by atoms with van der Waals surface area (Å²) < 4.78 is 40.2. The van der Waals surface area contributed by atoms with Gasteiger partial charge in [-0.05, 0) is 23.8 Å². The number of alkyl halides is 3. The van der Waals surface area contributed by atoms with Gasteiger partial charge in [-0.2, -0.15) is 23.4 Å². The highest BCUT2D eigenvalue weighted by atomic mass is 35.5. The van der Waals surface area contributed by atoms with Crippen LogP contribution < -0.4 is 10.6 Å². The summed E-state index contributed by atoms with van der Waals surface area (Å²) in [6.07, 6.45) is -4.06. The van der Waals surface area contributed by atoms with Gasteiger partial charge in [0.05, 0.1) is 16.1 Å². The molecule has 0 fully saturated rings. The van der Waals surface area contributed by atoms with E-state index in [4.69, 9.17) is 23.2 Å². The van der Waals surface area contributed by atoms with E-state index < -0.39 is 23.6 Å². The van der Waals surface area contributed by atoms with Crippen LogP contribution in [-0.2, 0) is 6.18 Å². The Labute approximate surface area is 174 Å². The Bertz CT molecular complexity index is 1050. The molecule has 3 rings (SSSR count). The Kier molecular flexibility index (Phi) is 6.11. The van der Waals surface area contributed by atoms with Gasteiger partial charge in [-0.25, -0.2) is 4.98 Å². The molecule has 0 aliphatic rings. The molecule has 0 aliphatic heterocycles. The van der Waals surface area contributed by atoms with Gasteiger partial charge in [-0.15, -0.1) is 0 Å². The SMILES string of the molecule is N#CC(Nc1nc(Nc2ccc(Cl)c(Cl)c2)ncc1C(F)(F)F)c1ccccc1. The maximum Gasteiger partial charge on any atom is 0.421 e. The van der Waals surface area contributed by atoms with Crippen molar-refractivity contribution in [2.45, 2.75) is 12.2 Å². The zero-order chi connectivity index (χ0) is 21.0. The van der Waals surface area contributed by atoms with Gasteiger partial charge in [-0.3, -0.25) is 0 Å². The molecule has 0 bridgehead atoms. The van der Waals surface area contributed by atoms with Crippen molar-refractivity contribution in [3.63, 3.8) is 0 Å². The number of nitriles is 1. The largest absolute Gasteiger partial charge is 0.421 e. The topological polar surface area (TPSA) is 73.6 Å². The van der Waals surface area contributed by atoms with E-state index in [1.54, 1.807) is 36.4 Å². The number of hydrogen-bond acceptors (Lipinski definition) is 5. The predicted octanol–water partition coefficient (Wildman–Crippen LogP) is 6.22. The van der Waals surface area contributed by atoms with Crippen LogP contribution in [0.1, 0.15) is 17.2 Å². The second-order valence-electron chi connectivity index (χ2n) is 5.82. The molecular formula is C19H12Cl2F3N5. The Hall–Kier alpha value is -3.02. The average molecular weight is 438 g/mol. The van der Waals surface area contributed by atoms with E-state index in [-0.39, 0.29) is 11.0 Å². The number of benzene rings is 2. The minimum absolute atomic E-state index is 0.108. The minimum atomic E-state index is -4.71. The third-order valence-corrected chi connectivity index (χ3v) is 4.55. The number of aromatic nitrogens is 2. The normalized spacial score (nSPS) is 12.1. The summed E-state index contributed by atoms with van der Waals surface area (Å²) >= 11 is 11.8. The number of anilines is 3. The molecular weight excluding hydrogens is 426 g/mol. The molecule has 29 heavy (non-hydrogen) atoms. The molecule has 1 unspecified atom stereocenters. The number of nitrogens with zero attached hydrogens (tertiary/aromatic N) is 3. The smallest absolute Gasteiger partial charge is 0.350 e. The molecule has 0 saturated heterocycles. The maximum atomic E-state index is 13.4. The number of hydrogen-bond donors (Lipinski definition) is 2. The lowest BCUT2D eigenvalue weighted by Crippen LogP contribution is -2.17. The Morgan fingerprint density at radius 2 is 1.76 bits per heavy atom. The van der Waals surface area contributed by atoms with Crippen molar-refractivity contribution in [3.8, 4) is 6.07 Å². The zero-order valence-corrected chi connectivity index (χ0v) is 16.0. The second kappa shape index (κ2) is 8.55. The van der Waals surface area contributed by atoms with Gasteiger partial charge in [0.1, 0.15) is 17.4 Å². The average Bonchev–Trinajstić information content (AvgIpc) is 2.69. The third-order valence-electron chi connectivity index (χ3n) is 3.81. The van der Waals surface area contributed by atoms with Gasteiger partial charge < -0.3 is 10.6 Å². The van der Waals surface area contributed by atoms with E-state index >= 15 is 0 Å². The first-order chi connectivity index (χ1) is 13.8. The van der Waals surface area contributed by atoms with Gasteiger partial charge in [0.2, 0.25) is 5.95 Å². The number of rotatable bonds is 5. The van der Waals surface area contributed by atoms with Crippen molar-refractivity contribution in [2.75, 3.05) is 10.6 Å². The fourth-order valence-corrected chi connectivity index (χ4v) is 2.73. The van der Waals surface area contributed by atoms with Crippen LogP contribution in [0.4, 0.5) is 30.6 Å². The molecule has 148 valence electrons. The van der Waals surface area contributed by atoms with Crippen LogP contribution in [0.5, 0.6) is 0 Å². The summed E-state index contributed by atoms with van der Waals surface area (Å²) in [5, 5.41) is 15.3. The van der Waals surface area contributed by atoms with E-state index in [2.05, 4.69) is 20.6 Å². The Balaban J connectivity index is 1.95. The van der Waals surface area contributed by atoms with Crippen LogP contribution in [-0.4, -0.2) is 9.97 Å². The van der Waals surface area contributed by atoms with E-state index in [1.165, 1.54) is 12.1 Å². The van der Waals surface area contributed by atoms with E-state index in [9.17, 15) is 18.4 Å². The predicted molar refractivity (Wildman–Crippen MR) is 105 cm³/mol. The van der Waals surface area contributed by atoms with Gasteiger partial charge in [0.25, 0.3) is 0 Å². The first-order valence-corrected chi connectivity index (χ1v) is 8.91. The van der Waals surface area contributed by atoms with Crippen molar-refractivity contribution < 1.29 is 13.2 Å². The standard InChI is InChI=1S/C19H12Cl2F3N5/c20-14-7-6-12(8-15(14)21)27-18-26-10-13(19(22,23)24)17(29-18)28-16(9-25)11-4-2-1-3-5-11/h1-8,10,16H,(H2,26,27,28,29). The quantitative estimate of drug-likeness (QED) is 0.495. The fourth-order valence-electron chi connectivity index (χ4n) is 2.43. The van der Waals surface area contributed by atoms with Gasteiger partial charge >= 0.3 is 6.18 Å². The summed E-state index contributed by atoms with van der Waals surface area (Å²) in [6, 6.07) is 13.8. The van der Waals surface area contributed by atoms with Gasteiger partial charge in [0, 0.05) is 11.9 Å². The number of halogens is 5. The highest BCUT2D eigenvalue weighted by Crippen LogP contribution is 2.35. The second-order valence-corrected chi connectivity index (χ2v) is 6.64. The zero-order valence-electron chi connectivity index (χ0n) is 14.5. The van der Waals surface area contributed by atoms with Gasteiger partial charge in [0.15, 0.2) is 0 Å². The maximum absolute atomic E-state index is 13.4. The lowest BCUT2D eigenvalue weighted by molar-refractivity contribution is -0.137. The summed E-state index contributed by atoms with van der Waals surface area (Å²) in [7, 11) is 0. The monoisotopic (exact) mass is 437 g/mol. The van der Waals surface area contributed by atoms with Crippen molar-refractivity contribution in [2.24, 2.45) is 0 Å². The van der Waals surface area contributed by atoms with E-state index in [0.29, 0.717) is 22.5 Å². The van der Waals surface area contributed by atoms with Crippen molar-refractivity contribution in [1.82, 2.24) is 9.97 Å². The first-order valence-electron chi connectivity index (χ1n) is 8.15. The van der Waals surface area contributed by atoms with Crippen molar-refractivity contribution in [1.29, 1.82) is 5.26 Å². The molecule has 1 atom stereocenters. The van der Waals surface area contributed by atoms with Crippen LogP contribution >= 0.6 is 23.2 Å². The van der Waals surface area contributed by atoms with Crippen molar-refractivity contribution in [3.05, 3.63) is 75.9 Å². The molecule has 10 heteroatoms. The van der Waals surface area contributed by atoms with E-state index in [1.807, 2.05) is 6.07 Å². The molecule has 0 aliphatic carbocycles. The van der Waals surface area contributed by atoms with Crippen molar-refractivity contribution >= 4 is 40.7 Å². The minimum Gasteiger partial charge on any atom is -0.350 e. The molecule has 1 aromatic heterocycles. The molecule has 3 aromatic rings. The summed E-state index contributed by atoms with van der Waals surface area (Å²) in [5.74, 6) is -0.630. The van der Waals surface area contributed by atoms with Crippen LogP contribution in [0, 0.1) is 11.3 Å². The molecule has 2 N–H and O–H groups in total. The molecule has 0 saturated carbocycles. The molecule has 0 spiro atoms.